The molecule has 1 unspecified atom stereocenters. The monoisotopic (exact) mass is 258 g/mol. The number of para-hydroxylation sites is 1. The van der Waals surface area contributed by atoms with Crippen LogP contribution in [0.15, 0.2) is 42.7 Å². The maximum atomic E-state index is 11.0. The molecule has 1 heterocycles. The number of rotatable bonds is 5. The first-order chi connectivity index (χ1) is 9.22. The lowest BCUT2D eigenvalue weighted by molar-refractivity contribution is -0.385. The van der Waals surface area contributed by atoms with Crippen molar-refractivity contribution in [2.75, 3.05) is 7.05 Å². The van der Waals surface area contributed by atoms with E-state index >= 15 is 0 Å². The first-order valence-electron chi connectivity index (χ1n) is 5.89. The summed E-state index contributed by atoms with van der Waals surface area (Å²) in [6, 6.07) is 8.30. The second kappa shape index (κ2) is 6.01. The predicted molar refractivity (Wildman–Crippen MR) is 70.6 cm³/mol. The summed E-state index contributed by atoms with van der Waals surface area (Å²) in [5, 5.41) is 14.1. The minimum Gasteiger partial charge on any atom is -0.310 e. The molecule has 1 atom stereocenters. The normalized spacial score (nSPS) is 12.1. The molecule has 0 aliphatic rings. The fraction of sp³-hybridized carbons (Fsp3) is 0.231. The second-order valence-electron chi connectivity index (χ2n) is 4.04. The first-order valence-corrected chi connectivity index (χ1v) is 5.89. The highest BCUT2D eigenvalue weighted by atomic mass is 16.6. The number of hydrogen-bond acceptors (Lipinski definition) is 5. The number of nitrogens with one attached hydrogen (secondary N) is 1. The quantitative estimate of drug-likeness (QED) is 0.654. The summed E-state index contributed by atoms with van der Waals surface area (Å²) in [5.74, 6) is 0.628. The number of nitro groups is 1. The molecule has 0 spiro atoms. The molecule has 0 radical (unpaired) electrons. The smallest absolute Gasteiger partial charge is 0.272 e. The van der Waals surface area contributed by atoms with Gasteiger partial charge in [0, 0.05) is 30.4 Å². The summed E-state index contributed by atoms with van der Waals surface area (Å²) in [7, 11) is 1.79. The molecule has 0 bridgehead atoms. The summed E-state index contributed by atoms with van der Waals surface area (Å²) in [5.41, 5.74) is 0.790. The van der Waals surface area contributed by atoms with E-state index < -0.39 is 0 Å². The van der Waals surface area contributed by atoms with Crippen molar-refractivity contribution in [1.29, 1.82) is 0 Å². The van der Waals surface area contributed by atoms with Gasteiger partial charge >= 0.3 is 0 Å². The molecule has 0 aliphatic carbocycles. The van der Waals surface area contributed by atoms with Gasteiger partial charge in [0.05, 0.1) is 11.0 Å². The molecule has 1 N–H and O–H groups in total. The lowest BCUT2D eigenvalue weighted by Crippen LogP contribution is -2.21. The molecule has 0 aliphatic heterocycles. The molecule has 19 heavy (non-hydrogen) atoms. The number of likely N-dealkylation sites (N-methyl/N-ethyl adjacent to an activating group) is 1. The van der Waals surface area contributed by atoms with Crippen molar-refractivity contribution in [3.8, 4) is 0 Å². The minimum atomic E-state index is -0.367. The molecule has 98 valence electrons. The van der Waals surface area contributed by atoms with Gasteiger partial charge in [-0.05, 0) is 13.1 Å². The third-order valence-electron chi connectivity index (χ3n) is 2.86. The van der Waals surface area contributed by atoms with Crippen molar-refractivity contribution in [3.05, 3.63) is 64.2 Å². The standard InChI is InChI=1S/C13H14N4O2/c1-14-11(13-15-7-4-8-16-13)9-10-5-2-3-6-12(10)17(18)19/h2-8,11,14H,9H2,1H3. The van der Waals surface area contributed by atoms with E-state index in [2.05, 4.69) is 15.3 Å². The maximum Gasteiger partial charge on any atom is 0.272 e. The molecule has 1 aromatic heterocycles. The Hall–Kier alpha value is -2.34. The SMILES string of the molecule is CNC(Cc1ccccc1[N+](=O)[O-])c1ncccn1. The van der Waals surface area contributed by atoms with Crippen molar-refractivity contribution in [3.63, 3.8) is 0 Å². The van der Waals surface area contributed by atoms with Crippen LogP contribution < -0.4 is 5.32 Å². The van der Waals surface area contributed by atoms with E-state index in [1.165, 1.54) is 6.07 Å². The highest BCUT2D eigenvalue weighted by molar-refractivity contribution is 5.40. The lowest BCUT2D eigenvalue weighted by atomic mass is 10.0. The van der Waals surface area contributed by atoms with Gasteiger partial charge in [0.2, 0.25) is 0 Å². The van der Waals surface area contributed by atoms with Crippen LogP contribution in [0.5, 0.6) is 0 Å². The number of nitro benzene ring substituents is 1. The highest BCUT2D eigenvalue weighted by Gasteiger charge is 2.19. The topological polar surface area (TPSA) is 81.0 Å². The van der Waals surface area contributed by atoms with Crippen LogP contribution in [0.4, 0.5) is 5.69 Å². The molecular weight excluding hydrogens is 244 g/mol. The Morgan fingerprint density at radius 2 is 1.95 bits per heavy atom. The van der Waals surface area contributed by atoms with Gasteiger partial charge in [0.15, 0.2) is 0 Å². The van der Waals surface area contributed by atoms with Crippen molar-refractivity contribution in [2.45, 2.75) is 12.5 Å². The second-order valence-corrected chi connectivity index (χ2v) is 4.04. The Morgan fingerprint density at radius 1 is 1.26 bits per heavy atom. The van der Waals surface area contributed by atoms with Crippen molar-refractivity contribution in [1.82, 2.24) is 15.3 Å². The largest absolute Gasteiger partial charge is 0.310 e. The summed E-state index contributed by atoms with van der Waals surface area (Å²) < 4.78 is 0. The van der Waals surface area contributed by atoms with Crippen LogP contribution in [-0.2, 0) is 6.42 Å². The summed E-state index contributed by atoms with van der Waals surface area (Å²) in [6.07, 6.45) is 3.79. The Kier molecular flexibility index (Phi) is 4.15. The van der Waals surface area contributed by atoms with Crippen molar-refractivity contribution < 1.29 is 4.92 Å². The third kappa shape index (κ3) is 3.11. The van der Waals surface area contributed by atoms with Crippen LogP contribution in [0.2, 0.25) is 0 Å². The molecule has 0 amide bonds. The highest BCUT2D eigenvalue weighted by Crippen LogP contribution is 2.23. The van der Waals surface area contributed by atoms with Gasteiger partial charge in [-0.3, -0.25) is 10.1 Å². The van der Waals surface area contributed by atoms with E-state index in [1.54, 1.807) is 43.7 Å². The molecule has 2 rings (SSSR count). The zero-order valence-corrected chi connectivity index (χ0v) is 10.5. The molecular formula is C13H14N4O2. The van der Waals surface area contributed by atoms with Gasteiger partial charge in [-0.15, -0.1) is 0 Å². The van der Waals surface area contributed by atoms with Crippen LogP contribution in [0.3, 0.4) is 0 Å². The van der Waals surface area contributed by atoms with Crippen LogP contribution in [0.25, 0.3) is 0 Å². The fourth-order valence-electron chi connectivity index (χ4n) is 1.89. The van der Waals surface area contributed by atoms with E-state index in [-0.39, 0.29) is 16.7 Å². The first kappa shape index (κ1) is 13.1. The number of hydrogen-bond donors (Lipinski definition) is 1. The van der Waals surface area contributed by atoms with Crippen molar-refractivity contribution >= 4 is 5.69 Å². The number of benzene rings is 1. The van der Waals surface area contributed by atoms with Gasteiger partial charge in [-0.25, -0.2) is 9.97 Å². The van der Waals surface area contributed by atoms with E-state index in [0.29, 0.717) is 17.8 Å². The number of nitrogens with zero attached hydrogens (tertiary/aromatic N) is 3. The Balaban J connectivity index is 2.27. The van der Waals surface area contributed by atoms with Gasteiger partial charge < -0.3 is 5.32 Å². The summed E-state index contributed by atoms with van der Waals surface area (Å²) >= 11 is 0. The van der Waals surface area contributed by atoms with Gasteiger partial charge in [0.1, 0.15) is 5.82 Å². The molecule has 2 aromatic rings. The Bertz CT molecular complexity index is 560. The van der Waals surface area contributed by atoms with Crippen LogP contribution >= 0.6 is 0 Å². The van der Waals surface area contributed by atoms with E-state index in [9.17, 15) is 10.1 Å². The Labute approximate surface area is 110 Å². The predicted octanol–water partition coefficient (Wildman–Crippen LogP) is 1.89. The molecule has 1 aromatic carbocycles. The molecule has 6 nitrogen and oxygen atoms in total. The van der Waals surface area contributed by atoms with Gasteiger partial charge in [-0.2, -0.15) is 0 Å². The van der Waals surface area contributed by atoms with Crippen LogP contribution in [0, 0.1) is 10.1 Å². The van der Waals surface area contributed by atoms with Crippen LogP contribution in [0.1, 0.15) is 17.4 Å². The van der Waals surface area contributed by atoms with Gasteiger partial charge in [0.25, 0.3) is 5.69 Å². The minimum absolute atomic E-state index is 0.124. The maximum absolute atomic E-state index is 11.0. The average Bonchev–Trinajstić information content (AvgIpc) is 2.46. The van der Waals surface area contributed by atoms with E-state index in [4.69, 9.17) is 0 Å². The van der Waals surface area contributed by atoms with Crippen LogP contribution in [-0.4, -0.2) is 21.9 Å². The molecule has 0 saturated carbocycles. The third-order valence-corrected chi connectivity index (χ3v) is 2.86. The number of aromatic nitrogens is 2. The zero-order valence-electron chi connectivity index (χ0n) is 10.5. The summed E-state index contributed by atoms with van der Waals surface area (Å²) in [4.78, 5) is 19.0. The Morgan fingerprint density at radius 3 is 2.58 bits per heavy atom. The molecule has 0 fully saturated rings. The average molecular weight is 258 g/mol. The molecule has 0 saturated heterocycles. The van der Waals surface area contributed by atoms with E-state index in [1.807, 2.05) is 0 Å². The molecule has 6 heteroatoms. The van der Waals surface area contributed by atoms with E-state index in [0.717, 1.165) is 0 Å². The van der Waals surface area contributed by atoms with Crippen molar-refractivity contribution in [2.24, 2.45) is 0 Å². The fourth-order valence-corrected chi connectivity index (χ4v) is 1.89. The lowest BCUT2D eigenvalue weighted by Gasteiger charge is -2.14. The summed E-state index contributed by atoms with van der Waals surface area (Å²) in [6.45, 7) is 0. The van der Waals surface area contributed by atoms with Gasteiger partial charge in [-0.1, -0.05) is 18.2 Å². The zero-order chi connectivity index (χ0) is 13.7.